The van der Waals surface area contributed by atoms with E-state index in [-0.39, 0.29) is 0 Å². The van der Waals surface area contributed by atoms with Crippen molar-refractivity contribution in [2.24, 2.45) is 0 Å². The number of nitro benzene ring substituents is 1. The van der Waals surface area contributed by atoms with Gasteiger partial charge in [0.15, 0.2) is 11.5 Å². The van der Waals surface area contributed by atoms with Gasteiger partial charge in [-0.1, -0.05) is 6.07 Å². The van der Waals surface area contributed by atoms with Crippen molar-refractivity contribution >= 4 is 21.4 Å². The van der Waals surface area contributed by atoms with Crippen LogP contribution in [0.1, 0.15) is 0 Å². The summed E-state index contributed by atoms with van der Waals surface area (Å²) >= 11 is 0. The van der Waals surface area contributed by atoms with Gasteiger partial charge in [0.25, 0.3) is 5.69 Å². The second-order valence-corrected chi connectivity index (χ2v) is 4.51. The van der Waals surface area contributed by atoms with E-state index in [1.165, 1.54) is 0 Å². The van der Waals surface area contributed by atoms with Crippen molar-refractivity contribution in [2.45, 2.75) is 0 Å². The van der Waals surface area contributed by atoms with Gasteiger partial charge in [0.1, 0.15) is 0 Å². The van der Waals surface area contributed by atoms with E-state index in [1.54, 1.807) is 4.72 Å². The molecule has 0 unspecified atom stereocenters. The standard InChI is InChI=1S/C7H7FN2O4S/c1-15(13,14)9-7-5(8)3-2-4-6(7)10(11)12/h2-4,9H,1H3. The normalized spacial score (nSPS) is 11.1. The number of rotatable bonds is 3. The summed E-state index contributed by atoms with van der Waals surface area (Å²) in [6.07, 6.45) is 0.781. The van der Waals surface area contributed by atoms with Crippen LogP contribution in [0.4, 0.5) is 15.8 Å². The molecule has 6 nitrogen and oxygen atoms in total. The summed E-state index contributed by atoms with van der Waals surface area (Å²) < 4.78 is 36.5. The number of nitrogens with zero attached hydrogens (tertiary/aromatic N) is 1. The minimum Gasteiger partial charge on any atom is -0.275 e. The van der Waals surface area contributed by atoms with Gasteiger partial charge in [0, 0.05) is 6.07 Å². The van der Waals surface area contributed by atoms with Crippen LogP contribution in [0.25, 0.3) is 0 Å². The van der Waals surface area contributed by atoms with Crippen molar-refractivity contribution in [1.29, 1.82) is 0 Å². The Morgan fingerprint density at radius 1 is 1.47 bits per heavy atom. The van der Waals surface area contributed by atoms with E-state index in [4.69, 9.17) is 0 Å². The number of benzene rings is 1. The van der Waals surface area contributed by atoms with Crippen LogP contribution in [0.2, 0.25) is 0 Å². The third-order valence-electron chi connectivity index (χ3n) is 1.48. The molecule has 0 fully saturated rings. The van der Waals surface area contributed by atoms with Gasteiger partial charge in [0.05, 0.1) is 11.2 Å². The van der Waals surface area contributed by atoms with Crippen LogP contribution in [-0.4, -0.2) is 19.6 Å². The molecule has 8 heteroatoms. The third-order valence-corrected chi connectivity index (χ3v) is 2.05. The van der Waals surface area contributed by atoms with Gasteiger partial charge in [-0.05, 0) is 6.07 Å². The first-order chi connectivity index (χ1) is 6.81. The Balaban J connectivity index is 3.32. The summed E-state index contributed by atoms with van der Waals surface area (Å²) in [5, 5.41) is 10.5. The maximum Gasteiger partial charge on any atom is 0.296 e. The van der Waals surface area contributed by atoms with Crippen LogP contribution < -0.4 is 4.72 Å². The summed E-state index contributed by atoms with van der Waals surface area (Å²) in [5.74, 6) is -0.991. The van der Waals surface area contributed by atoms with Crippen molar-refractivity contribution in [2.75, 3.05) is 11.0 Å². The van der Waals surface area contributed by atoms with Gasteiger partial charge >= 0.3 is 0 Å². The zero-order valence-corrected chi connectivity index (χ0v) is 8.41. The number of sulfonamides is 1. The smallest absolute Gasteiger partial charge is 0.275 e. The zero-order valence-electron chi connectivity index (χ0n) is 7.60. The van der Waals surface area contributed by atoms with Gasteiger partial charge in [-0.25, -0.2) is 12.8 Å². The summed E-state index contributed by atoms with van der Waals surface area (Å²) in [6.45, 7) is 0. The van der Waals surface area contributed by atoms with Crippen molar-refractivity contribution in [3.8, 4) is 0 Å². The molecule has 1 aromatic carbocycles. The molecule has 1 aromatic rings. The average Bonchev–Trinajstić information content (AvgIpc) is 2.05. The molecule has 0 aromatic heterocycles. The van der Waals surface area contributed by atoms with Gasteiger partial charge in [-0.2, -0.15) is 0 Å². The van der Waals surface area contributed by atoms with Crippen LogP contribution in [-0.2, 0) is 10.0 Å². The second-order valence-electron chi connectivity index (χ2n) is 2.77. The molecule has 0 aliphatic heterocycles. The molecule has 15 heavy (non-hydrogen) atoms. The fourth-order valence-corrected chi connectivity index (χ4v) is 1.52. The molecule has 0 radical (unpaired) electrons. The molecule has 1 rings (SSSR count). The summed E-state index contributed by atoms with van der Waals surface area (Å²) in [5.41, 5.74) is -1.27. The fraction of sp³-hybridized carbons (Fsp3) is 0.143. The number of nitro groups is 1. The van der Waals surface area contributed by atoms with E-state index in [1.807, 2.05) is 0 Å². The largest absolute Gasteiger partial charge is 0.296 e. The van der Waals surface area contributed by atoms with Gasteiger partial charge in [-0.15, -0.1) is 0 Å². The number of hydrogen-bond donors (Lipinski definition) is 1. The lowest BCUT2D eigenvalue weighted by molar-refractivity contribution is -0.384. The molecule has 0 spiro atoms. The van der Waals surface area contributed by atoms with Crippen molar-refractivity contribution in [1.82, 2.24) is 0 Å². The van der Waals surface area contributed by atoms with Crippen molar-refractivity contribution in [3.05, 3.63) is 34.1 Å². The van der Waals surface area contributed by atoms with E-state index in [9.17, 15) is 22.9 Å². The van der Waals surface area contributed by atoms with Crippen molar-refractivity contribution in [3.63, 3.8) is 0 Å². The Morgan fingerprint density at radius 3 is 2.53 bits per heavy atom. The summed E-state index contributed by atoms with van der Waals surface area (Å²) in [6, 6.07) is 3.07. The van der Waals surface area contributed by atoms with E-state index < -0.39 is 32.1 Å². The number of hydrogen-bond acceptors (Lipinski definition) is 4. The van der Waals surface area contributed by atoms with E-state index in [2.05, 4.69) is 0 Å². The summed E-state index contributed by atoms with van der Waals surface area (Å²) in [4.78, 5) is 9.60. The fourth-order valence-electron chi connectivity index (χ4n) is 0.951. The van der Waals surface area contributed by atoms with Crippen molar-refractivity contribution < 1.29 is 17.7 Å². The van der Waals surface area contributed by atoms with Gasteiger partial charge < -0.3 is 0 Å². The van der Waals surface area contributed by atoms with E-state index in [0.29, 0.717) is 0 Å². The third kappa shape index (κ3) is 2.88. The first-order valence-electron chi connectivity index (χ1n) is 3.72. The highest BCUT2D eigenvalue weighted by Gasteiger charge is 2.20. The first-order valence-corrected chi connectivity index (χ1v) is 5.61. The van der Waals surface area contributed by atoms with Gasteiger partial charge in [-0.3, -0.25) is 14.8 Å². The lowest BCUT2D eigenvalue weighted by atomic mass is 10.2. The molecule has 82 valence electrons. The monoisotopic (exact) mass is 234 g/mol. The maximum atomic E-state index is 13.1. The molecule has 0 amide bonds. The first kappa shape index (κ1) is 11.4. The molecule has 0 saturated heterocycles. The van der Waals surface area contributed by atoms with E-state index in [0.717, 1.165) is 24.5 Å². The Hall–Kier alpha value is -1.70. The van der Waals surface area contributed by atoms with E-state index >= 15 is 0 Å². The molecule has 1 N–H and O–H groups in total. The Morgan fingerprint density at radius 2 is 2.07 bits per heavy atom. The number of nitrogens with one attached hydrogen (secondary N) is 1. The molecule has 0 saturated carbocycles. The quantitative estimate of drug-likeness (QED) is 0.626. The SMILES string of the molecule is CS(=O)(=O)Nc1c(F)cccc1[N+](=O)[O-]. The predicted octanol–water partition coefficient (Wildman–Crippen LogP) is 1.11. The van der Waals surface area contributed by atoms with Crippen LogP contribution in [0, 0.1) is 15.9 Å². The summed E-state index contributed by atoms with van der Waals surface area (Å²) in [7, 11) is -3.75. The van der Waals surface area contributed by atoms with Crippen LogP contribution in [0.3, 0.4) is 0 Å². The Kier molecular flexibility index (Phi) is 2.89. The number of para-hydroxylation sites is 1. The molecule has 0 heterocycles. The average molecular weight is 234 g/mol. The topological polar surface area (TPSA) is 89.3 Å². The van der Waals surface area contributed by atoms with Crippen LogP contribution in [0.15, 0.2) is 18.2 Å². The Labute approximate surface area is 84.9 Å². The minimum atomic E-state index is -3.75. The molecule has 0 aliphatic rings. The lowest BCUT2D eigenvalue weighted by Crippen LogP contribution is -2.12. The lowest BCUT2D eigenvalue weighted by Gasteiger charge is -2.05. The molecule has 0 bridgehead atoms. The molecule has 0 aliphatic carbocycles. The predicted molar refractivity (Wildman–Crippen MR) is 51.5 cm³/mol. The molecular formula is C7H7FN2O4S. The van der Waals surface area contributed by atoms with Crippen LogP contribution >= 0.6 is 0 Å². The highest BCUT2D eigenvalue weighted by atomic mass is 32.2. The molecular weight excluding hydrogens is 227 g/mol. The maximum absolute atomic E-state index is 13.1. The number of halogens is 1. The highest BCUT2D eigenvalue weighted by Crippen LogP contribution is 2.27. The minimum absolute atomic E-state index is 0.625. The number of anilines is 1. The second kappa shape index (κ2) is 3.81. The van der Waals surface area contributed by atoms with Gasteiger partial charge in [0.2, 0.25) is 10.0 Å². The molecule has 0 atom stereocenters. The Bertz CT molecular complexity index is 500. The zero-order chi connectivity index (χ0) is 11.6. The van der Waals surface area contributed by atoms with Crippen LogP contribution in [0.5, 0.6) is 0 Å². The highest BCUT2D eigenvalue weighted by molar-refractivity contribution is 7.92.